The minimum absolute atomic E-state index is 0. The number of methoxy groups -OCH3 is 1. The lowest BCUT2D eigenvalue weighted by Gasteiger charge is -2.32. The van der Waals surface area contributed by atoms with Gasteiger partial charge in [0.05, 0.1) is 17.7 Å². The molecule has 2 N–H and O–H groups in total. The van der Waals surface area contributed by atoms with Crippen molar-refractivity contribution in [2.45, 2.75) is 38.8 Å². The van der Waals surface area contributed by atoms with E-state index in [9.17, 15) is 9.18 Å². The van der Waals surface area contributed by atoms with Crippen LogP contribution in [0, 0.1) is 12.7 Å². The maximum Gasteiger partial charge on any atom is 0.256 e. The Morgan fingerprint density at radius 1 is 1.22 bits per heavy atom. The van der Waals surface area contributed by atoms with Gasteiger partial charge in [0.25, 0.3) is 5.91 Å². The lowest BCUT2D eigenvalue weighted by molar-refractivity contribution is 0.0714. The third-order valence-corrected chi connectivity index (χ3v) is 6.34. The van der Waals surface area contributed by atoms with Crippen LogP contribution in [0.4, 0.5) is 4.39 Å². The first-order valence-electron chi connectivity index (χ1n) is 10.9. The molecular weight excluding hydrogens is 429 g/mol. The molecule has 0 spiro atoms. The predicted octanol–water partition coefficient (Wildman–Crippen LogP) is 4.64. The van der Waals surface area contributed by atoms with Crippen LogP contribution in [-0.4, -0.2) is 42.2 Å². The largest absolute Gasteiger partial charge is 0.383 e. The zero-order chi connectivity index (χ0) is 22.0. The average molecular weight is 460 g/mol. The summed E-state index contributed by atoms with van der Waals surface area (Å²) in [4.78, 5) is 15.3. The van der Waals surface area contributed by atoms with Crippen LogP contribution in [0.3, 0.4) is 0 Å². The van der Waals surface area contributed by atoms with E-state index >= 15 is 0 Å². The van der Waals surface area contributed by atoms with E-state index in [2.05, 4.69) is 17.6 Å². The summed E-state index contributed by atoms with van der Waals surface area (Å²) in [5.74, 6) is 0.0677. The molecule has 4 rings (SSSR count). The van der Waals surface area contributed by atoms with Gasteiger partial charge >= 0.3 is 0 Å². The summed E-state index contributed by atoms with van der Waals surface area (Å²) in [6, 6.07) is 11.2. The summed E-state index contributed by atoms with van der Waals surface area (Å²) in [5.41, 5.74) is 10.5. The molecule has 2 aromatic carbocycles. The lowest BCUT2D eigenvalue weighted by atomic mass is 9.88. The molecule has 2 heterocycles. The molecule has 0 bridgehead atoms. The second kappa shape index (κ2) is 10.5. The van der Waals surface area contributed by atoms with Crippen LogP contribution in [0.15, 0.2) is 42.6 Å². The van der Waals surface area contributed by atoms with Crippen molar-refractivity contribution in [1.29, 1.82) is 0 Å². The molecule has 0 unspecified atom stereocenters. The van der Waals surface area contributed by atoms with Crippen molar-refractivity contribution in [1.82, 2.24) is 9.47 Å². The van der Waals surface area contributed by atoms with Gasteiger partial charge in [-0.1, -0.05) is 24.3 Å². The van der Waals surface area contributed by atoms with Gasteiger partial charge < -0.3 is 19.9 Å². The van der Waals surface area contributed by atoms with Crippen LogP contribution >= 0.6 is 12.4 Å². The number of carbonyl (C=O) groups is 1. The van der Waals surface area contributed by atoms with E-state index in [1.54, 1.807) is 13.2 Å². The van der Waals surface area contributed by atoms with Gasteiger partial charge in [-0.15, -0.1) is 12.4 Å². The van der Waals surface area contributed by atoms with E-state index in [0.29, 0.717) is 32.8 Å². The molecular formula is C25H31ClFN3O2. The van der Waals surface area contributed by atoms with Gasteiger partial charge in [-0.25, -0.2) is 4.39 Å². The number of fused-ring (bicyclic) bond motifs is 1. The SMILES string of the molecule is COCCn1cc(C(=O)N2CCC(c3cc(F)cc(CN)c3)CC2)c2cccc(C)c21.Cl. The number of nitrogens with zero attached hydrogens (tertiary/aromatic N) is 2. The van der Waals surface area contributed by atoms with Gasteiger partial charge in [0.2, 0.25) is 0 Å². The van der Waals surface area contributed by atoms with Gasteiger partial charge in [-0.3, -0.25) is 4.79 Å². The molecule has 172 valence electrons. The Labute approximate surface area is 194 Å². The van der Waals surface area contributed by atoms with Crippen LogP contribution in [0.1, 0.15) is 45.8 Å². The van der Waals surface area contributed by atoms with E-state index < -0.39 is 0 Å². The molecule has 0 saturated carbocycles. The van der Waals surface area contributed by atoms with Crippen LogP contribution < -0.4 is 5.73 Å². The highest BCUT2D eigenvalue weighted by atomic mass is 35.5. The average Bonchev–Trinajstić information content (AvgIpc) is 3.16. The molecule has 0 atom stereocenters. The highest BCUT2D eigenvalue weighted by Gasteiger charge is 2.27. The Bertz CT molecular complexity index is 1090. The summed E-state index contributed by atoms with van der Waals surface area (Å²) in [6.45, 7) is 5.02. The van der Waals surface area contributed by atoms with Crippen LogP contribution in [-0.2, 0) is 17.8 Å². The molecule has 1 aliphatic heterocycles. The van der Waals surface area contributed by atoms with Crippen molar-refractivity contribution in [3.05, 3.63) is 70.7 Å². The Hall–Kier alpha value is -2.41. The maximum atomic E-state index is 13.9. The smallest absolute Gasteiger partial charge is 0.256 e. The van der Waals surface area contributed by atoms with Crippen molar-refractivity contribution >= 4 is 29.2 Å². The van der Waals surface area contributed by atoms with Gasteiger partial charge in [0.1, 0.15) is 5.82 Å². The van der Waals surface area contributed by atoms with E-state index in [-0.39, 0.29) is 30.0 Å². The summed E-state index contributed by atoms with van der Waals surface area (Å²) in [6.07, 6.45) is 3.60. The fourth-order valence-corrected chi connectivity index (χ4v) is 4.70. The molecule has 0 aliphatic carbocycles. The number of hydrogen-bond donors (Lipinski definition) is 1. The maximum absolute atomic E-state index is 13.9. The van der Waals surface area contributed by atoms with Crippen molar-refractivity contribution in [2.24, 2.45) is 5.73 Å². The van der Waals surface area contributed by atoms with E-state index in [4.69, 9.17) is 10.5 Å². The Kier molecular flexibility index (Phi) is 7.93. The number of aryl methyl sites for hydroxylation is 1. The first kappa shape index (κ1) is 24.2. The topological polar surface area (TPSA) is 60.5 Å². The van der Waals surface area contributed by atoms with Gasteiger partial charge in [-0.05, 0) is 54.5 Å². The third-order valence-electron chi connectivity index (χ3n) is 6.34. The molecule has 1 aliphatic rings. The molecule has 0 radical (unpaired) electrons. The molecule has 7 heteroatoms. The molecule has 1 amide bonds. The molecule has 5 nitrogen and oxygen atoms in total. The van der Waals surface area contributed by atoms with Gasteiger partial charge in [0, 0.05) is 44.9 Å². The normalized spacial score (nSPS) is 14.6. The number of halogens is 2. The minimum Gasteiger partial charge on any atom is -0.383 e. The fourth-order valence-electron chi connectivity index (χ4n) is 4.70. The van der Waals surface area contributed by atoms with E-state index in [1.165, 1.54) is 6.07 Å². The first-order valence-corrected chi connectivity index (χ1v) is 10.9. The van der Waals surface area contributed by atoms with Crippen LogP contribution in [0.25, 0.3) is 10.9 Å². The Morgan fingerprint density at radius 3 is 2.66 bits per heavy atom. The number of ether oxygens (including phenoxy) is 1. The van der Waals surface area contributed by atoms with Crippen LogP contribution in [0.2, 0.25) is 0 Å². The number of rotatable bonds is 6. The number of hydrogen-bond acceptors (Lipinski definition) is 3. The zero-order valence-corrected chi connectivity index (χ0v) is 19.5. The summed E-state index contributed by atoms with van der Waals surface area (Å²) in [7, 11) is 1.68. The number of carbonyl (C=O) groups excluding carboxylic acids is 1. The second-order valence-electron chi connectivity index (χ2n) is 8.36. The third kappa shape index (κ3) is 4.82. The number of amides is 1. The molecule has 1 saturated heterocycles. The standard InChI is InChI=1S/C25H30FN3O2.ClH/c1-17-4-3-5-22-23(16-29(24(17)22)10-11-31-2)25(30)28-8-6-19(7-9-28)20-12-18(15-27)13-21(26)14-20;/h3-5,12-14,16,19H,6-11,15,27H2,1-2H3;1H. The highest BCUT2D eigenvalue weighted by molar-refractivity contribution is 6.07. The summed E-state index contributed by atoms with van der Waals surface area (Å²) >= 11 is 0. The first-order chi connectivity index (χ1) is 15.0. The number of benzene rings is 2. The molecule has 1 fully saturated rings. The van der Waals surface area contributed by atoms with Crippen molar-refractivity contribution < 1.29 is 13.9 Å². The van der Waals surface area contributed by atoms with Gasteiger partial charge in [0.15, 0.2) is 0 Å². The van der Waals surface area contributed by atoms with Crippen molar-refractivity contribution in [3.63, 3.8) is 0 Å². The monoisotopic (exact) mass is 459 g/mol. The van der Waals surface area contributed by atoms with Crippen molar-refractivity contribution in [2.75, 3.05) is 26.8 Å². The number of nitrogens with two attached hydrogens (primary N) is 1. The number of aromatic nitrogens is 1. The number of likely N-dealkylation sites (tertiary alicyclic amines) is 1. The van der Waals surface area contributed by atoms with E-state index in [0.717, 1.165) is 46.0 Å². The molecule has 3 aromatic rings. The summed E-state index contributed by atoms with van der Waals surface area (Å²) in [5, 5.41) is 0.987. The molecule has 32 heavy (non-hydrogen) atoms. The second-order valence-corrected chi connectivity index (χ2v) is 8.36. The quantitative estimate of drug-likeness (QED) is 0.584. The minimum atomic E-state index is -0.240. The van der Waals surface area contributed by atoms with E-state index in [1.807, 2.05) is 29.3 Å². The van der Waals surface area contributed by atoms with Crippen LogP contribution in [0.5, 0.6) is 0 Å². The Morgan fingerprint density at radius 2 is 1.97 bits per heavy atom. The van der Waals surface area contributed by atoms with Crippen molar-refractivity contribution in [3.8, 4) is 0 Å². The summed E-state index contributed by atoms with van der Waals surface area (Å²) < 4.78 is 21.3. The number of piperidine rings is 1. The number of para-hydroxylation sites is 1. The lowest BCUT2D eigenvalue weighted by Crippen LogP contribution is -2.37. The predicted molar refractivity (Wildman–Crippen MR) is 128 cm³/mol. The Balaban J connectivity index is 0.00000289. The zero-order valence-electron chi connectivity index (χ0n) is 18.6. The molecule has 1 aromatic heterocycles. The van der Waals surface area contributed by atoms with Gasteiger partial charge in [-0.2, -0.15) is 0 Å². The fraction of sp³-hybridized carbons (Fsp3) is 0.400. The highest BCUT2D eigenvalue weighted by Crippen LogP contribution is 2.31.